The normalized spacial score (nSPS) is 9.76. The minimum atomic E-state index is 0.0296. The summed E-state index contributed by atoms with van der Waals surface area (Å²) < 4.78 is 0. The lowest BCUT2D eigenvalue weighted by Gasteiger charge is -2.06. The van der Waals surface area contributed by atoms with Crippen molar-refractivity contribution in [3.05, 3.63) is 51.5 Å². The topological polar surface area (TPSA) is 74.5 Å². The molecule has 2 aromatic rings. The summed E-state index contributed by atoms with van der Waals surface area (Å²) in [6.07, 6.45) is 0. The second-order valence-electron chi connectivity index (χ2n) is 3.34. The average Bonchev–Trinajstić information content (AvgIpc) is 2.35. The number of azide groups is 1. The summed E-state index contributed by atoms with van der Waals surface area (Å²) in [5.41, 5.74) is 10.7. The van der Waals surface area contributed by atoms with Crippen LogP contribution in [0.1, 0.15) is 5.56 Å². The number of benzene rings is 1. The number of hydrogen-bond donors (Lipinski definition) is 0. The van der Waals surface area contributed by atoms with Crippen LogP contribution < -0.4 is 0 Å². The molecule has 0 spiro atoms. The van der Waals surface area contributed by atoms with Crippen LogP contribution in [0.2, 0.25) is 5.15 Å². The summed E-state index contributed by atoms with van der Waals surface area (Å²) in [5.74, 6) is 0.0296. The molecule has 0 fully saturated rings. The third-order valence-electron chi connectivity index (χ3n) is 2.26. The maximum Gasteiger partial charge on any atom is 0.218 e. The Morgan fingerprint density at radius 1 is 1.24 bits per heavy atom. The van der Waals surface area contributed by atoms with Crippen molar-refractivity contribution in [1.82, 2.24) is 9.97 Å². The summed E-state index contributed by atoms with van der Waals surface area (Å²) in [4.78, 5) is 10.7. The summed E-state index contributed by atoms with van der Waals surface area (Å²) in [6.45, 7) is 1.82. The maximum absolute atomic E-state index is 8.38. The van der Waals surface area contributed by atoms with Crippen molar-refractivity contribution in [1.29, 1.82) is 0 Å². The summed E-state index contributed by atoms with van der Waals surface area (Å²) in [7, 11) is 0. The molecule has 0 bridgehead atoms. The van der Waals surface area contributed by atoms with Gasteiger partial charge in [-0.15, -0.1) is 0 Å². The molecular weight excluding hydrogens is 238 g/mol. The zero-order valence-electron chi connectivity index (χ0n) is 9.00. The molecule has 0 aliphatic carbocycles. The Morgan fingerprint density at radius 3 is 2.59 bits per heavy atom. The Labute approximate surface area is 103 Å². The van der Waals surface area contributed by atoms with Crippen LogP contribution >= 0.6 is 11.6 Å². The molecule has 0 aliphatic rings. The first-order valence-corrected chi connectivity index (χ1v) is 5.25. The molecule has 2 rings (SSSR count). The van der Waals surface area contributed by atoms with E-state index in [0.717, 1.165) is 11.1 Å². The molecule has 17 heavy (non-hydrogen) atoms. The molecular formula is C11H8ClN5. The smallest absolute Gasteiger partial charge is 0.218 e. The number of rotatable bonds is 2. The maximum atomic E-state index is 8.38. The van der Waals surface area contributed by atoms with E-state index in [4.69, 9.17) is 17.1 Å². The van der Waals surface area contributed by atoms with Crippen molar-refractivity contribution in [2.75, 3.05) is 0 Å². The molecule has 5 nitrogen and oxygen atoms in total. The van der Waals surface area contributed by atoms with Crippen molar-refractivity contribution in [2.24, 2.45) is 5.11 Å². The number of nitrogens with zero attached hydrogens (tertiary/aromatic N) is 5. The lowest BCUT2D eigenvalue weighted by atomic mass is 10.1. The van der Waals surface area contributed by atoms with Gasteiger partial charge in [0.25, 0.3) is 0 Å². The fourth-order valence-corrected chi connectivity index (χ4v) is 1.61. The Morgan fingerprint density at radius 2 is 1.94 bits per heavy atom. The van der Waals surface area contributed by atoms with Crippen LogP contribution in [0.4, 0.5) is 5.95 Å². The second kappa shape index (κ2) is 4.82. The third kappa shape index (κ3) is 2.36. The van der Waals surface area contributed by atoms with Crippen molar-refractivity contribution >= 4 is 17.5 Å². The molecule has 0 unspecified atom stereocenters. The van der Waals surface area contributed by atoms with Gasteiger partial charge in [-0.25, -0.2) is 9.97 Å². The fraction of sp³-hybridized carbons (Fsp3) is 0.0909. The molecule has 84 valence electrons. The fourth-order valence-electron chi connectivity index (χ4n) is 1.44. The van der Waals surface area contributed by atoms with E-state index in [1.165, 1.54) is 0 Å². The van der Waals surface area contributed by atoms with Gasteiger partial charge in [-0.2, -0.15) is 0 Å². The van der Waals surface area contributed by atoms with Crippen molar-refractivity contribution in [3.8, 4) is 11.3 Å². The minimum Gasteiger partial charge on any atom is -0.226 e. The highest BCUT2D eigenvalue weighted by Crippen LogP contribution is 2.27. The summed E-state index contributed by atoms with van der Waals surface area (Å²) in [5, 5.41) is 3.66. The quantitative estimate of drug-likeness (QED) is 0.346. The van der Waals surface area contributed by atoms with Crippen molar-refractivity contribution in [2.45, 2.75) is 6.92 Å². The van der Waals surface area contributed by atoms with E-state index in [0.29, 0.717) is 10.8 Å². The Kier molecular flexibility index (Phi) is 3.23. The van der Waals surface area contributed by atoms with E-state index >= 15 is 0 Å². The van der Waals surface area contributed by atoms with Gasteiger partial charge in [0.15, 0.2) is 0 Å². The van der Waals surface area contributed by atoms with Crippen LogP contribution in [0.15, 0.2) is 35.4 Å². The Balaban J connectivity index is 2.64. The van der Waals surface area contributed by atoms with Gasteiger partial charge in [-0.1, -0.05) is 41.9 Å². The Hall–Kier alpha value is -2.10. The molecule has 0 N–H and O–H groups in total. The highest BCUT2D eigenvalue weighted by Gasteiger charge is 2.09. The third-order valence-corrected chi connectivity index (χ3v) is 2.62. The summed E-state index contributed by atoms with van der Waals surface area (Å²) >= 11 is 5.97. The molecule has 6 heteroatoms. The summed E-state index contributed by atoms with van der Waals surface area (Å²) in [6, 6.07) is 9.53. The van der Waals surface area contributed by atoms with E-state index in [1.807, 2.05) is 37.3 Å². The monoisotopic (exact) mass is 245 g/mol. The lowest BCUT2D eigenvalue weighted by molar-refractivity contribution is 1.10. The zero-order valence-corrected chi connectivity index (χ0v) is 9.76. The van der Waals surface area contributed by atoms with E-state index < -0.39 is 0 Å². The van der Waals surface area contributed by atoms with Crippen LogP contribution in [0.3, 0.4) is 0 Å². The van der Waals surface area contributed by atoms with Crippen LogP contribution in [-0.4, -0.2) is 9.97 Å². The van der Waals surface area contributed by atoms with E-state index in [-0.39, 0.29) is 5.95 Å². The standard InChI is InChI=1S/C11H8ClN5/c1-7-9(8-5-3-2-4-6-8)14-11(16-17-13)15-10(7)12/h2-6H,1H3. The molecule has 0 saturated heterocycles. The van der Waals surface area contributed by atoms with Crippen LogP contribution in [0, 0.1) is 6.92 Å². The number of halogens is 1. The predicted octanol–water partition coefficient (Wildman–Crippen LogP) is 4.05. The van der Waals surface area contributed by atoms with Crippen LogP contribution in [0.25, 0.3) is 21.7 Å². The van der Waals surface area contributed by atoms with Gasteiger partial charge in [0.1, 0.15) is 5.15 Å². The largest absolute Gasteiger partial charge is 0.226 e. The molecule has 1 aromatic heterocycles. The van der Waals surface area contributed by atoms with Gasteiger partial charge >= 0.3 is 0 Å². The minimum absolute atomic E-state index is 0.0296. The molecule has 0 amide bonds. The van der Waals surface area contributed by atoms with Crippen LogP contribution in [-0.2, 0) is 0 Å². The molecule has 0 saturated carbocycles. The molecule has 1 aromatic carbocycles. The first-order valence-electron chi connectivity index (χ1n) is 4.87. The zero-order chi connectivity index (χ0) is 12.3. The van der Waals surface area contributed by atoms with E-state index in [9.17, 15) is 0 Å². The molecule has 0 atom stereocenters. The van der Waals surface area contributed by atoms with Gasteiger partial charge in [0.05, 0.1) is 5.69 Å². The van der Waals surface area contributed by atoms with Gasteiger partial charge in [0, 0.05) is 16.0 Å². The van der Waals surface area contributed by atoms with Crippen molar-refractivity contribution in [3.63, 3.8) is 0 Å². The second-order valence-corrected chi connectivity index (χ2v) is 3.70. The Bertz CT molecular complexity index is 590. The van der Waals surface area contributed by atoms with Gasteiger partial charge in [-0.05, 0) is 17.6 Å². The highest BCUT2D eigenvalue weighted by atomic mass is 35.5. The number of hydrogen-bond acceptors (Lipinski definition) is 3. The van der Waals surface area contributed by atoms with Gasteiger partial charge in [-0.3, -0.25) is 0 Å². The number of aromatic nitrogens is 2. The molecule has 1 heterocycles. The van der Waals surface area contributed by atoms with Crippen LogP contribution in [0.5, 0.6) is 0 Å². The van der Waals surface area contributed by atoms with E-state index in [2.05, 4.69) is 20.0 Å². The molecule has 0 radical (unpaired) electrons. The lowest BCUT2D eigenvalue weighted by Crippen LogP contribution is -1.92. The first kappa shape index (κ1) is 11.4. The van der Waals surface area contributed by atoms with Crippen molar-refractivity contribution < 1.29 is 0 Å². The molecule has 0 aliphatic heterocycles. The SMILES string of the molecule is Cc1c(Cl)nc(N=[N+]=[N-])nc1-c1ccccc1. The average molecular weight is 246 g/mol. The van der Waals surface area contributed by atoms with E-state index in [1.54, 1.807) is 0 Å². The van der Waals surface area contributed by atoms with Gasteiger partial charge in [0.2, 0.25) is 5.95 Å². The highest BCUT2D eigenvalue weighted by molar-refractivity contribution is 6.30. The van der Waals surface area contributed by atoms with Gasteiger partial charge < -0.3 is 0 Å². The first-order chi connectivity index (χ1) is 8.22. The predicted molar refractivity (Wildman–Crippen MR) is 66.0 cm³/mol.